The zero-order chi connectivity index (χ0) is 32.3. The van der Waals surface area contributed by atoms with E-state index in [-0.39, 0.29) is 51.3 Å². The van der Waals surface area contributed by atoms with Crippen LogP contribution in [0.25, 0.3) is 32.8 Å². The third-order valence-electron chi connectivity index (χ3n) is 10.5. The molecule has 47 heavy (non-hydrogen) atoms. The van der Waals surface area contributed by atoms with Gasteiger partial charge in [-0.2, -0.15) is 9.97 Å². The second kappa shape index (κ2) is 12.1. The molecule has 4 aliphatic rings. The first kappa shape index (κ1) is 30.7. The number of anilines is 1. The van der Waals surface area contributed by atoms with Gasteiger partial charge in [0.2, 0.25) is 0 Å². The number of fused-ring (bicyclic) bond motifs is 4. The number of phenolic OH excluding ortho intramolecular Hbond substituents is 1. The molecule has 3 saturated heterocycles. The van der Waals surface area contributed by atoms with E-state index >= 15 is 8.78 Å². The molecule has 4 fully saturated rings. The van der Waals surface area contributed by atoms with Crippen LogP contribution in [-0.2, 0) is 11.2 Å². The summed E-state index contributed by atoms with van der Waals surface area (Å²) in [6.45, 7) is 7.76. The number of nitrogens with one attached hydrogen (secondary N) is 1. The third-order valence-corrected chi connectivity index (χ3v) is 10.5. The van der Waals surface area contributed by atoms with Gasteiger partial charge in [0.15, 0.2) is 5.82 Å². The highest BCUT2D eigenvalue weighted by Crippen LogP contribution is 2.47. The zero-order valence-corrected chi connectivity index (χ0v) is 26.6. The van der Waals surface area contributed by atoms with E-state index in [0.717, 1.165) is 65.0 Å². The number of halogens is 3. The Bertz CT molecular complexity index is 1830. The first-order valence-corrected chi connectivity index (χ1v) is 16.9. The summed E-state index contributed by atoms with van der Waals surface area (Å²) in [5.74, 6) is -1.92. The number of hydrogen-bond acceptors (Lipinski definition) is 8. The first-order chi connectivity index (χ1) is 22.8. The highest BCUT2D eigenvalue weighted by Gasteiger charge is 2.45. The Morgan fingerprint density at radius 3 is 2.60 bits per heavy atom. The van der Waals surface area contributed by atoms with Gasteiger partial charge in [-0.1, -0.05) is 13.0 Å². The van der Waals surface area contributed by atoms with Crippen LogP contribution in [0.4, 0.5) is 19.0 Å². The molecule has 2 bridgehead atoms. The van der Waals surface area contributed by atoms with Crippen LogP contribution in [0.2, 0.25) is 0 Å². The number of ether oxygens (including phenoxy) is 2. The number of nitrogens with zero attached hydrogens (tertiary/aromatic N) is 4. The lowest BCUT2D eigenvalue weighted by atomic mass is 9.91. The Morgan fingerprint density at radius 2 is 1.83 bits per heavy atom. The Labute approximate surface area is 271 Å². The van der Waals surface area contributed by atoms with Crippen LogP contribution in [0.3, 0.4) is 0 Å². The van der Waals surface area contributed by atoms with Gasteiger partial charge in [-0.3, -0.25) is 0 Å². The van der Waals surface area contributed by atoms with Crippen molar-refractivity contribution in [1.29, 1.82) is 0 Å². The highest BCUT2D eigenvalue weighted by molar-refractivity contribution is 6.03. The summed E-state index contributed by atoms with van der Waals surface area (Å²) < 4.78 is 60.2. The number of benzene rings is 3. The SMILES string of the molecule is CCc1c(F)ccc2cc(O)cc(-c3c(F)cc4c(N5CC6CCC(C5)N6)nc(OCC5(CN6CCCOCC6)CC5)nc4c3F)c12. The van der Waals surface area contributed by atoms with Crippen LogP contribution in [0.5, 0.6) is 11.8 Å². The lowest BCUT2D eigenvalue weighted by molar-refractivity contribution is 0.127. The Hall–Kier alpha value is -3.67. The van der Waals surface area contributed by atoms with Crippen molar-refractivity contribution in [3.63, 3.8) is 0 Å². The molecule has 8 rings (SSSR count). The summed E-state index contributed by atoms with van der Waals surface area (Å²) in [6, 6.07) is 7.48. The molecule has 1 saturated carbocycles. The Balaban J connectivity index is 1.23. The van der Waals surface area contributed by atoms with Crippen LogP contribution in [0.1, 0.15) is 44.6 Å². The monoisotopic (exact) mass is 647 g/mol. The van der Waals surface area contributed by atoms with Gasteiger partial charge in [0.25, 0.3) is 0 Å². The molecule has 2 atom stereocenters. The largest absolute Gasteiger partial charge is 0.508 e. The molecule has 1 aliphatic carbocycles. The number of aromatic nitrogens is 2. The van der Waals surface area contributed by atoms with Crippen molar-refractivity contribution in [2.45, 2.75) is 57.5 Å². The van der Waals surface area contributed by atoms with Crippen LogP contribution >= 0.6 is 0 Å². The van der Waals surface area contributed by atoms with E-state index in [1.54, 1.807) is 6.92 Å². The lowest BCUT2D eigenvalue weighted by Gasteiger charge is -2.34. The molecule has 0 amide bonds. The van der Waals surface area contributed by atoms with Crippen molar-refractivity contribution in [3.8, 4) is 22.9 Å². The molecule has 1 aromatic heterocycles. The van der Waals surface area contributed by atoms with Gasteiger partial charge < -0.3 is 29.7 Å². The maximum absolute atomic E-state index is 16.9. The van der Waals surface area contributed by atoms with E-state index in [4.69, 9.17) is 14.5 Å². The van der Waals surface area contributed by atoms with Crippen LogP contribution in [0, 0.1) is 22.9 Å². The van der Waals surface area contributed by atoms with Crippen molar-refractivity contribution in [2.24, 2.45) is 5.41 Å². The highest BCUT2D eigenvalue weighted by atomic mass is 19.1. The molecule has 0 spiro atoms. The number of piperazine rings is 1. The van der Waals surface area contributed by atoms with E-state index in [9.17, 15) is 9.50 Å². The normalized spacial score (nSPS) is 22.6. The van der Waals surface area contributed by atoms with Crippen LogP contribution in [-0.4, -0.2) is 84.6 Å². The summed E-state index contributed by atoms with van der Waals surface area (Å²) >= 11 is 0. The summed E-state index contributed by atoms with van der Waals surface area (Å²) in [5.41, 5.74) is -0.0466. The lowest BCUT2D eigenvalue weighted by Crippen LogP contribution is -2.51. The summed E-state index contributed by atoms with van der Waals surface area (Å²) in [5, 5.41) is 15.3. The number of phenols is 1. The molecule has 3 aliphatic heterocycles. The van der Waals surface area contributed by atoms with E-state index < -0.39 is 17.5 Å². The molecule has 2 unspecified atom stereocenters. The Morgan fingerprint density at radius 1 is 1.02 bits per heavy atom. The maximum atomic E-state index is 16.9. The van der Waals surface area contributed by atoms with Crippen LogP contribution < -0.4 is 15.0 Å². The van der Waals surface area contributed by atoms with Gasteiger partial charge in [-0.25, -0.2) is 13.2 Å². The average Bonchev–Trinajstić information content (AvgIpc) is 3.81. The predicted octanol–water partition coefficient (Wildman–Crippen LogP) is 5.96. The van der Waals surface area contributed by atoms with E-state index in [0.29, 0.717) is 48.3 Å². The minimum absolute atomic E-state index is 0.0232. The molecule has 0 radical (unpaired) electrons. The van der Waals surface area contributed by atoms with Gasteiger partial charge in [-0.15, -0.1) is 0 Å². The van der Waals surface area contributed by atoms with Crippen molar-refractivity contribution in [2.75, 3.05) is 57.4 Å². The second-order valence-electron chi connectivity index (χ2n) is 13.8. The van der Waals surface area contributed by atoms with E-state index in [2.05, 4.69) is 20.1 Å². The molecular weight excluding hydrogens is 607 g/mol. The predicted molar refractivity (Wildman–Crippen MR) is 175 cm³/mol. The number of aromatic hydroxyl groups is 1. The van der Waals surface area contributed by atoms with Gasteiger partial charge in [-0.05, 0) is 84.7 Å². The van der Waals surface area contributed by atoms with Gasteiger partial charge in [0.05, 0.1) is 18.8 Å². The minimum atomic E-state index is -0.893. The van der Waals surface area contributed by atoms with Crippen molar-refractivity contribution < 1.29 is 27.8 Å². The topological polar surface area (TPSA) is 83.0 Å². The maximum Gasteiger partial charge on any atom is 0.319 e. The quantitative estimate of drug-likeness (QED) is 0.243. The first-order valence-electron chi connectivity index (χ1n) is 16.9. The van der Waals surface area contributed by atoms with Crippen molar-refractivity contribution >= 4 is 27.5 Å². The van der Waals surface area contributed by atoms with E-state index in [1.807, 2.05) is 0 Å². The summed E-state index contributed by atoms with van der Waals surface area (Å²) in [6.07, 6.45) is 5.42. The second-order valence-corrected chi connectivity index (χ2v) is 13.8. The van der Waals surface area contributed by atoms with E-state index in [1.165, 1.54) is 30.3 Å². The fraction of sp³-hybridized carbons (Fsp3) is 0.500. The number of hydrogen-bond donors (Lipinski definition) is 2. The fourth-order valence-corrected chi connectivity index (χ4v) is 7.90. The molecular formula is C36H40F3N5O3. The van der Waals surface area contributed by atoms with Gasteiger partial charge in [0.1, 0.15) is 28.7 Å². The molecule has 3 aromatic carbocycles. The number of rotatable bonds is 8. The smallest absolute Gasteiger partial charge is 0.319 e. The minimum Gasteiger partial charge on any atom is -0.508 e. The molecule has 4 heterocycles. The molecule has 2 N–H and O–H groups in total. The summed E-state index contributed by atoms with van der Waals surface area (Å²) in [4.78, 5) is 13.9. The van der Waals surface area contributed by atoms with Crippen molar-refractivity contribution in [3.05, 3.63) is 53.3 Å². The third kappa shape index (κ3) is 5.76. The molecule has 11 heteroatoms. The van der Waals surface area contributed by atoms with Gasteiger partial charge in [0, 0.05) is 62.2 Å². The summed E-state index contributed by atoms with van der Waals surface area (Å²) in [7, 11) is 0. The fourth-order valence-electron chi connectivity index (χ4n) is 7.90. The van der Waals surface area contributed by atoms with Crippen LogP contribution in [0.15, 0.2) is 30.3 Å². The molecule has 4 aromatic rings. The zero-order valence-electron chi connectivity index (χ0n) is 26.6. The van der Waals surface area contributed by atoms with Crippen molar-refractivity contribution in [1.82, 2.24) is 20.2 Å². The number of aryl methyl sites for hydroxylation is 1. The Kier molecular flexibility index (Phi) is 7.89. The molecule has 248 valence electrons. The average molecular weight is 648 g/mol. The standard InChI is InChI=1S/C36H40F3N5O3/c1-2-25-28(37)7-4-21-14-24(45)15-26(30(21)25)31-29(38)16-27-33(32(31)39)41-35(42-34(27)44-17-22-5-6-23(18-44)40-22)47-20-36(8-9-36)19-43-10-3-12-46-13-11-43/h4,7,14-16,22-23,40,45H,2-3,5-6,8-13,17-20H2,1H3. The molecule has 8 nitrogen and oxygen atoms in total. The van der Waals surface area contributed by atoms with Gasteiger partial charge >= 0.3 is 6.01 Å².